The van der Waals surface area contributed by atoms with Gasteiger partial charge in [0, 0.05) is 31.1 Å². The summed E-state index contributed by atoms with van der Waals surface area (Å²) in [6.45, 7) is 0.691. The molecule has 1 aromatic heterocycles. The lowest BCUT2D eigenvalue weighted by Crippen LogP contribution is -1.98. The van der Waals surface area contributed by atoms with Crippen molar-refractivity contribution in [2.45, 2.75) is 6.42 Å². The lowest BCUT2D eigenvalue weighted by molar-refractivity contribution is 0.201. The summed E-state index contributed by atoms with van der Waals surface area (Å²) in [5.74, 6) is 0. The average molecular weight is 152 g/mol. The summed E-state index contributed by atoms with van der Waals surface area (Å²) < 4.78 is 4.90. The minimum Gasteiger partial charge on any atom is -0.399 e. The highest BCUT2D eigenvalue weighted by Gasteiger charge is 1.93. The fourth-order valence-electron chi connectivity index (χ4n) is 0.840. The number of methoxy groups -OCH3 is 1. The van der Waals surface area contributed by atoms with Crippen molar-refractivity contribution in [3.8, 4) is 0 Å². The largest absolute Gasteiger partial charge is 0.399 e. The van der Waals surface area contributed by atoms with E-state index < -0.39 is 0 Å². The van der Waals surface area contributed by atoms with Gasteiger partial charge in [-0.25, -0.2) is 0 Å². The van der Waals surface area contributed by atoms with E-state index in [1.807, 2.05) is 6.07 Å². The maximum absolute atomic E-state index is 5.55. The first-order valence-corrected chi connectivity index (χ1v) is 3.52. The Kier molecular flexibility index (Phi) is 2.86. The summed E-state index contributed by atoms with van der Waals surface area (Å²) in [5, 5.41) is 0. The fourth-order valence-corrected chi connectivity index (χ4v) is 0.840. The van der Waals surface area contributed by atoms with E-state index in [1.165, 1.54) is 0 Å². The van der Waals surface area contributed by atoms with Crippen LogP contribution in [-0.2, 0) is 11.2 Å². The molecule has 0 radical (unpaired) electrons. The summed E-state index contributed by atoms with van der Waals surface area (Å²) in [7, 11) is 1.67. The molecular weight excluding hydrogens is 140 g/mol. The summed E-state index contributed by atoms with van der Waals surface area (Å²) >= 11 is 0. The van der Waals surface area contributed by atoms with Crippen LogP contribution < -0.4 is 5.73 Å². The number of hydrogen-bond donors (Lipinski definition) is 1. The van der Waals surface area contributed by atoms with Gasteiger partial charge in [0.25, 0.3) is 0 Å². The van der Waals surface area contributed by atoms with Gasteiger partial charge in [0.2, 0.25) is 0 Å². The molecule has 0 aromatic carbocycles. The number of hydrogen-bond acceptors (Lipinski definition) is 3. The molecule has 0 fully saturated rings. The molecule has 11 heavy (non-hydrogen) atoms. The van der Waals surface area contributed by atoms with Gasteiger partial charge in [-0.2, -0.15) is 0 Å². The fraction of sp³-hybridized carbons (Fsp3) is 0.375. The predicted octanol–water partition coefficient (Wildman–Crippen LogP) is 0.853. The van der Waals surface area contributed by atoms with Crippen molar-refractivity contribution in [3.05, 3.63) is 24.0 Å². The zero-order chi connectivity index (χ0) is 8.10. The summed E-state index contributed by atoms with van der Waals surface area (Å²) in [5.41, 5.74) is 7.28. The van der Waals surface area contributed by atoms with Gasteiger partial charge in [-0.15, -0.1) is 0 Å². The smallest absolute Gasteiger partial charge is 0.0517 e. The Morgan fingerprint density at radius 1 is 1.64 bits per heavy atom. The SMILES string of the molecule is COCCc1cc(N)ccn1. The molecule has 0 aliphatic heterocycles. The molecule has 1 aromatic rings. The first-order chi connectivity index (χ1) is 5.33. The number of pyridine rings is 1. The van der Waals surface area contributed by atoms with Crippen molar-refractivity contribution in [1.29, 1.82) is 0 Å². The minimum absolute atomic E-state index is 0.691. The lowest BCUT2D eigenvalue weighted by Gasteiger charge is -1.99. The first kappa shape index (κ1) is 8.01. The van der Waals surface area contributed by atoms with Crippen molar-refractivity contribution < 1.29 is 4.74 Å². The van der Waals surface area contributed by atoms with Gasteiger partial charge < -0.3 is 10.5 Å². The second kappa shape index (κ2) is 3.93. The Balaban J connectivity index is 2.56. The van der Waals surface area contributed by atoms with Crippen LogP contribution in [0.1, 0.15) is 5.69 Å². The molecule has 0 amide bonds. The van der Waals surface area contributed by atoms with Crippen molar-refractivity contribution in [2.24, 2.45) is 0 Å². The van der Waals surface area contributed by atoms with E-state index in [1.54, 1.807) is 19.4 Å². The van der Waals surface area contributed by atoms with Crippen LogP contribution >= 0.6 is 0 Å². The zero-order valence-electron chi connectivity index (χ0n) is 6.58. The molecule has 0 unspecified atom stereocenters. The molecular formula is C8H12N2O. The van der Waals surface area contributed by atoms with Crippen LogP contribution in [0.15, 0.2) is 18.3 Å². The maximum atomic E-state index is 5.55. The predicted molar refractivity (Wildman–Crippen MR) is 44.2 cm³/mol. The number of nitrogen functional groups attached to an aromatic ring is 1. The van der Waals surface area contributed by atoms with Crippen molar-refractivity contribution >= 4 is 5.69 Å². The van der Waals surface area contributed by atoms with Gasteiger partial charge in [-0.1, -0.05) is 0 Å². The zero-order valence-corrected chi connectivity index (χ0v) is 6.58. The number of rotatable bonds is 3. The van der Waals surface area contributed by atoms with Crippen LogP contribution in [0, 0.1) is 0 Å². The van der Waals surface area contributed by atoms with Gasteiger partial charge in [-0.3, -0.25) is 4.98 Å². The Labute approximate surface area is 66.2 Å². The van der Waals surface area contributed by atoms with Crippen LogP contribution in [0.4, 0.5) is 5.69 Å². The highest BCUT2D eigenvalue weighted by molar-refractivity contribution is 5.37. The normalized spacial score (nSPS) is 9.91. The Hall–Kier alpha value is -1.09. The quantitative estimate of drug-likeness (QED) is 0.698. The first-order valence-electron chi connectivity index (χ1n) is 3.52. The maximum Gasteiger partial charge on any atom is 0.0517 e. The Morgan fingerprint density at radius 2 is 2.45 bits per heavy atom. The van der Waals surface area contributed by atoms with Crippen LogP contribution in [-0.4, -0.2) is 18.7 Å². The topological polar surface area (TPSA) is 48.1 Å². The van der Waals surface area contributed by atoms with E-state index in [9.17, 15) is 0 Å². The lowest BCUT2D eigenvalue weighted by atomic mass is 10.2. The average Bonchev–Trinajstić information content (AvgIpc) is 2.01. The number of nitrogens with zero attached hydrogens (tertiary/aromatic N) is 1. The molecule has 0 bridgehead atoms. The van der Waals surface area contributed by atoms with Gasteiger partial charge in [0.15, 0.2) is 0 Å². The van der Waals surface area contributed by atoms with Gasteiger partial charge in [0.1, 0.15) is 0 Å². The van der Waals surface area contributed by atoms with Gasteiger partial charge in [0.05, 0.1) is 6.61 Å². The number of anilines is 1. The molecule has 1 rings (SSSR count). The summed E-state index contributed by atoms with van der Waals surface area (Å²) in [6, 6.07) is 3.63. The molecule has 0 spiro atoms. The summed E-state index contributed by atoms with van der Waals surface area (Å²) in [4.78, 5) is 4.12. The van der Waals surface area contributed by atoms with Gasteiger partial charge >= 0.3 is 0 Å². The number of aromatic nitrogens is 1. The Morgan fingerprint density at radius 3 is 3.09 bits per heavy atom. The second-order valence-electron chi connectivity index (χ2n) is 2.32. The third-order valence-corrected chi connectivity index (χ3v) is 1.40. The Bertz CT molecular complexity index is 225. The van der Waals surface area contributed by atoms with Crippen LogP contribution in [0.3, 0.4) is 0 Å². The van der Waals surface area contributed by atoms with E-state index in [4.69, 9.17) is 10.5 Å². The summed E-state index contributed by atoms with van der Waals surface area (Å²) in [6.07, 6.45) is 2.53. The standard InChI is InChI=1S/C8H12N2O/c1-11-5-3-8-6-7(9)2-4-10-8/h2,4,6H,3,5H2,1H3,(H2,9,10). The van der Waals surface area contributed by atoms with Crippen molar-refractivity contribution in [1.82, 2.24) is 4.98 Å². The number of ether oxygens (including phenoxy) is 1. The third kappa shape index (κ3) is 2.55. The van der Waals surface area contributed by atoms with E-state index >= 15 is 0 Å². The van der Waals surface area contributed by atoms with Crippen LogP contribution in [0.2, 0.25) is 0 Å². The van der Waals surface area contributed by atoms with Gasteiger partial charge in [-0.05, 0) is 12.1 Å². The second-order valence-corrected chi connectivity index (χ2v) is 2.32. The molecule has 2 N–H and O–H groups in total. The molecule has 0 aliphatic carbocycles. The van der Waals surface area contributed by atoms with Crippen LogP contribution in [0.25, 0.3) is 0 Å². The number of nitrogens with two attached hydrogens (primary N) is 1. The van der Waals surface area contributed by atoms with Crippen molar-refractivity contribution in [2.75, 3.05) is 19.5 Å². The molecule has 1 heterocycles. The minimum atomic E-state index is 0.691. The highest BCUT2D eigenvalue weighted by atomic mass is 16.5. The molecule has 60 valence electrons. The van der Waals surface area contributed by atoms with Crippen molar-refractivity contribution in [3.63, 3.8) is 0 Å². The molecule has 0 atom stereocenters. The van der Waals surface area contributed by atoms with E-state index in [0.29, 0.717) is 6.61 Å². The monoisotopic (exact) mass is 152 g/mol. The molecule has 0 aliphatic rings. The molecule has 3 nitrogen and oxygen atoms in total. The molecule has 0 saturated heterocycles. The molecule has 0 saturated carbocycles. The van der Waals surface area contributed by atoms with E-state index in [2.05, 4.69) is 4.98 Å². The highest BCUT2D eigenvalue weighted by Crippen LogP contribution is 2.02. The van der Waals surface area contributed by atoms with Crippen LogP contribution in [0.5, 0.6) is 0 Å². The van der Waals surface area contributed by atoms with E-state index in [-0.39, 0.29) is 0 Å². The third-order valence-electron chi connectivity index (χ3n) is 1.40. The van der Waals surface area contributed by atoms with E-state index in [0.717, 1.165) is 17.8 Å². The molecule has 3 heteroatoms.